The summed E-state index contributed by atoms with van der Waals surface area (Å²) in [6.45, 7) is 3.02. The Morgan fingerprint density at radius 1 is 1.42 bits per heavy atom. The second kappa shape index (κ2) is 4.72. The molecule has 3 rings (SSSR count). The smallest absolute Gasteiger partial charge is 0.153 e. The van der Waals surface area contributed by atoms with Gasteiger partial charge in [0.15, 0.2) is 5.78 Å². The van der Waals surface area contributed by atoms with Gasteiger partial charge in [-0.05, 0) is 19.1 Å². The molecular weight excluding hydrogens is 242 g/mol. The number of Topliss-reactive ketones (excluding diaryl/α,β-unsaturated/α-hetero) is 1. The molecule has 6 nitrogen and oxygen atoms in total. The van der Waals surface area contributed by atoms with Gasteiger partial charge in [-0.15, -0.1) is 0 Å². The summed E-state index contributed by atoms with van der Waals surface area (Å²) in [5.41, 5.74) is 0. The highest BCUT2D eigenvalue weighted by atomic mass is 16.1. The van der Waals surface area contributed by atoms with E-state index in [9.17, 15) is 4.79 Å². The van der Waals surface area contributed by atoms with Crippen LogP contribution in [0.25, 0.3) is 0 Å². The van der Waals surface area contributed by atoms with Gasteiger partial charge in [-0.1, -0.05) is 0 Å². The maximum atomic E-state index is 11.3. The van der Waals surface area contributed by atoms with Crippen LogP contribution in [0, 0.1) is 6.92 Å². The summed E-state index contributed by atoms with van der Waals surface area (Å²) >= 11 is 0. The first-order valence-electron chi connectivity index (χ1n) is 6.23. The van der Waals surface area contributed by atoms with Gasteiger partial charge in [0.25, 0.3) is 0 Å². The van der Waals surface area contributed by atoms with Crippen molar-refractivity contribution >= 4 is 23.2 Å². The Balaban J connectivity index is 1.85. The van der Waals surface area contributed by atoms with E-state index in [2.05, 4.69) is 20.3 Å². The fourth-order valence-electron chi connectivity index (χ4n) is 2.15. The molecule has 1 fully saturated rings. The molecule has 1 aliphatic rings. The molecule has 0 radical (unpaired) electrons. The number of aryl methyl sites for hydroxylation is 1. The van der Waals surface area contributed by atoms with Crippen molar-refractivity contribution in [3.8, 4) is 0 Å². The molecule has 0 bridgehead atoms. The lowest BCUT2D eigenvalue weighted by atomic mass is 10.4. The largest absolute Gasteiger partial charge is 0.349 e. The van der Waals surface area contributed by atoms with Crippen LogP contribution >= 0.6 is 0 Å². The van der Waals surface area contributed by atoms with Crippen LogP contribution in [0.3, 0.4) is 0 Å². The van der Waals surface area contributed by atoms with E-state index in [0.29, 0.717) is 18.8 Å². The van der Waals surface area contributed by atoms with Crippen molar-refractivity contribution in [2.24, 2.45) is 0 Å². The van der Waals surface area contributed by atoms with Gasteiger partial charge in [0.1, 0.15) is 23.3 Å². The molecular formula is C13H15N5O. The number of nitrogens with one attached hydrogen (secondary N) is 2. The van der Waals surface area contributed by atoms with E-state index in [1.165, 1.54) is 0 Å². The zero-order chi connectivity index (χ0) is 13.2. The highest BCUT2D eigenvalue weighted by molar-refractivity contribution is 5.86. The molecule has 0 amide bonds. The van der Waals surface area contributed by atoms with Crippen molar-refractivity contribution in [3.05, 3.63) is 30.2 Å². The lowest BCUT2D eigenvalue weighted by Gasteiger charge is -2.16. The Labute approximate surface area is 110 Å². The number of H-pyrrole nitrogens is 1. The highest BCUT2D eigenvalue weighted by Gasteiger charge is 2.21. The normalized spacial score (nSPS) is 15.0. The Morgan fingerprint density at radius 3 is 3.00 bits per heavy atom. The summed E-state index contributed by atoms with van der Waals surface area (Å²) in [6.07, 6.45) is 2.44. The topological polar surface area (TPSA) is 73.9 Å². The van der Waals surface area contributed by atoms with Gasteiger partial charge in [0.2, 0.25) is 0 Å². The summed E-state index contributed by atoms with van der Waals surface area (Å²) in [5, 5.41) is 3.18. The first-order valence-corrected chi connectivity index (χ1v) is 6.23. The minimum Gasteiger partial charge on any atom is -0.349 e. The number of carbonyl (C=O) groups excluding carboxylic acids is 1. The van der Waals surface area contributed by atoms with E-state index in [4.69, 9.17) is 0 Å². The molecule has 0 aromatic carbocycles. The summed E-state index contributed by atoms with van der Waals surface area (Å²) in [5.74, 6) is 3.35. The third-order valence-corrected chi connectivity index (χ3v) is 3.04. The third kappa shape index (κ3) is 2.57. The summed E-state index contributed by atoms with van der Waals surface area (Å²) < 4.78 is 0. The number of aromatic nitrogens is 3. The molecule has 2 aromatic rings. The van der Waals surface area contributed by atoms with Crippen LogP contribution in [0.1, 0.15) is 12.2 Å². The number of carbonyl (C=O) groups is 1. The van der Waals surface area contributed by atoms with Gasteiger partial charge in [0, 0.05) is 25.2 Å². The number of anilines is 3. The monoisotopic (exact) mass is 257 g/mol. The summed E-state index contributed by atoms with van der Waals surface area (Å²) in [6, 6.07) is 5.71. The van der Waals surface area contributed by atoms with E-state index in [1.807, 2.05) is 36.2 Å². The maximum absolute atomic E-state index is 11.3. The third-order valence-electron chi connectivity index (χ3n) is 3.04. The van der Waals surface area contributed by atoms with Crippen molar-refractivity contribution < 1.29 is 4.79 Å². The molecule has 19 heavy (non-hydrogen) atoms. The molecule has 1 saturated heterocycles. The van der Waals surface area contributed by atoms with E-state index in [-0.39, 0.29) is 5.78 Å². The lowest BCUT2D eigenvalue weighted by Crippen LogP contribution is -2.21. The molecule has 3 heterocycles. The summed E-state index contributed by atoms with van der Waals surface area (Å²) in [4.78, 5) is 25.1. The first-order chi connectivity index (χ1) is 9.20. The van der Waals surface area contributed by atoms with Crippen LogP contribution in [0.15, 0.2) is 24.4 Å². The maximum Gasteiger partial charge on any atom is 0.153 e. The highest BCUT2D eigenvalue weighted by Crippen LogP contribution is 2.21. The number of aromatic amines is 1. The number of rotatable bonds is 3. The molecule has 2 N–H and O–H groups in total. The van der Waals surface area contributed by atoms with Crippen LogP contribution in [0.5, 0.6) is 0 Å². The van der Waals surface area contributed by atoms with Crippen LogP contribution < -0.4 is 10.2 Å². The van der Waals surface area contributed by atoms with E-state index < -0.39 is 0 Å². The van der Waals surface area contributed by atoms with Crippen LogP contribution in [0.4, 0.5) is 17.5 Å². The van der Waals surface area contributed by atoms with Gasteiger partial charge in [-0.3, -0.25) is 4.79 Å². The van der Waals surface area contributed by atoms with Crippen molar-refractivity contribution in [1.82, 2.24) is 15.0 Å². The zero-order valence-electron chi connectivity index (χ0n) is 10.7. The van der Waals surface area contributed by atoms with Crippen LogP contribution in [-0.2, 0) is 4.79 Å². The number of hydrogen-bond acceptors (Lipinski definition) is 5. The van der Waals surface area contributed by atoms with Gasteiger partial charge in [0.05, 0.1) is 6.54 Å². The SMILES string of the molecule is Cc1nc(Nc2ccc[nH]2)cc(N2CCC(=O)C2)n1. The van der Waals surface area contributed by atoms with Crippen molar-refractivity contribution in [3.63, 3.8) is 0 Å². The quantitative estimate of drug-likeness (QED) is 0.874. The van der Waals surface area contributed by atoms with Crippen molar-refractivity contribution in [2.45, 2.75) is 13.3 Å². The molecule has 0 aliphatic carbocycles. The standard InChI is InChI=1S/C13H15N5O/c1-9-15-12(17-11-3-2-5-14-11)7-13(16-9)18-6-4-10(19)8-18/h2-3,5,7,14H,4,6,8H2,1H3,(H,15,16,17). The summed E-state index contributed by atoms with van der Waals surface area (Å²) in [7, 11) is 0. The molecule has 6 heteroatoms. The van der Waals surface area contributed by atoms with Gasteiger partial charge in [-0.2, -0.15) is 0 Å². The second-order valence-corrected chi connectivity index (χ2v) is 4.58. The Bertz CT molecular complexity index is 593. The number of ketones is 1. The number of nitrogens with zero attached hydrogens (tertiary/aromatic N) is 3. The molecule has 0 saturated carbocycles. The Hall–Kier alpha value is -2.37. The lowest BCUT2D eigenvalue weighted by molar-refractivity contribution is -0.116. The van der Waals surface area contributed by atoms with Crippen molar-refractivity contribution in [2.75, 3.05) is 23.3 Å². The number of hydrogen-bond donors (Lipinski definition) is 2. The predicted octanol–water partition coefficient (Wildman–Crippen LogP) is 1.64. The van der Waals surface area contributed by atoms with E-state index in [0.717, 1.165) is 24.0 Å². The predicted molar refractivity (Wildman–Crippen MR) is 72.7 cm³/mol. The minimum atomic E-state index is 0.259. The van der Waals surface area contributed by atoms with E-state index in [1.54, 1.807) is 0 Å². The fraction of sp³-hybridized carbons (Fsp3) is 0.308. The molecule has 1 aliphatic heterocycles. The average molecular weight is 257 g/mol. The van der Waals surface area contributed by atoms with E-state index >= 15 is 0 Å². The van der Waals surface area contributed by atoms with Crippen molar-refractivity contribution in [1.29, 1.82) is 0 Å². The minimum absolute atomic E-state index is 0.259. The first kappa shape index (κ1) is 11.7. The fourth-order valence-corrected chi connectivity index (χ4v) is 2.15. The Morgan fingerprint density at radius 2 is 2.32 bits per heavy atom. The molecule has 0 spiro atoms. The van der Waals surface area contributed by atoms with Gasteiger partial charge in [-0.25, -0.2) is 9.97 Å². The molecule has 2 aromatic heterocycles. The van der Waals surface area contributed by atoms with Crippen LogP contribution in [0.2, 0.25) is 0 Å². The molecule has 0 unspecified atom stereocenters. The average Bonchev–Trinajstić information content (AvgIpc) is 3.00. The molecule has 0 atom stereocenters. The Kier molecular flexibility index (Phi) is 2.91. The van der Waals surface area contributed by atoms with Gasteiger partial charge >= 0.3 is 0 Å². The van der Waals surface area contributed by atoms with Crippen LogP contribution in [-0.4, -0.2) is 33.8 Å². The molecule has 98 valence electrons. The van der Waals surface area contributed by atoms with Gasteiger partial charge < -0.3 is 15.2 Å². The second-order valence-electron chi connectivity index (χ2n) is 4.58. The zero-order valence-corrected chi connectivity index (χ0v) is 10.7.